The molecule has 0 radical (unpaired) electrons. The van der Waals surface area contributed by atoms with Gasteiger partial charge in [0.05, 0.1) is 17.3 Å². The molecule has 0 aromatic heterocycles. The number of carbonyl (C=O) groups is 2. The lowest BCUT2D eigenvalue weighted by Crippen LogP contribution is -2.34. The number of amides is 1. The summed E-state index contributed by atoms with van der Waals surface area (Å²) < 4.78 is 5.34. The van der Waals surface area contributed by atoms with Gasteiger partial charge in [0.25, 0.3) is 5.91 Å². The van der Waals surface area contributed by atoms with Crippen molar-refractivity contribution in [2.75, 3.05) is 12.3 Å². The summed E-state index contributed by atoms with van der Waals surface area (Å²) in [6.07, 6.45) is 4.79. The fourth-order valence-electron chi connectivity index (χ4n) is 4.89. The first kappa shape index (κ1) is 25.1. The van der Waals surface area contributed by atoms with Gasteiger partial charge in [-0.05, 0) is 90.6 Å². The van der Waals surface area contributed by atoms with Crippen LogP contribution in [0.5, 0.6) is 0 Å². The van der Waals surface area contributed by atoms with Crippen molar-refractivity contribution in [2.24, 2.45) is 11.0 Å². The molecule has 5 rings (SSSR count). The SMILES string of the molecule is Nc1ccc(C(=O)OCC(=O)N2N=C3C(=Cc4cccc(Cl)c4)CCCC3C2c2ccc(Cl)cc2)cc1. The number of rotatable bonds is 5. The molecule has 1 aliphatic heterocycles. The van der Waals surface area contributed by atoms with Gasteiger partial charge in [-0.15, -0.1) is 0 Å². The molecule has 188 valence electrons. The van der Waals surface area contributed by atoms with Crippen molar-refractivity contribution in [3.8, 4) is 0 Å². The first-order chi connectivity index (χ1) is 17.9. The number of hydrogen-bond acceptors (Lipinski definition) is 5. The van der Waals surface area contributed by atoms with Crippen LogP contribution >= 0.6 is 23.2 Å². The van der Waals surface area contributed by atoms with Crippen LogP contribution in [0, 0.1) is 5.92 Å². The van der Waals surface area contributed by atoms with E-state index < -0.39 is 18.5 Å². The van der Waals surface area contributed by atoms with Crippen LogP contribution < -0.4 is 5.73 Å². The topological polar surface area (TPSA) is 85.0 Å². The molecule has 3 aromatic rings. The van der Waals surface area contributed by atoms with Crippen LogP contribution in [0.1, 0.15) is 46.8 Å². The minimum Gasteiger partial charge on any atom is -0.452 e. The number of anilines is 1. The maximum atomic E-state index is 13.4. The summed E-state index contributed by atoms with van der Waals surface area (Å²) >= 11 is 12.3. The lowest BCUT2D eigenvalue weighted by molar-refractivity contribution is -0.137. The summed E-state index contributed by atoms with van der Waals surface area (Å²) in [5, 5.41) is 7.55. The third-order valence-electron chi connectivity index (χ3n) is 6.63. The predicted molar refractivity (Wildman–Crippen MR) is 146 cm³/mol. The van der Waals surface area contributed by atoms with E-state index in [1.165, 1.54) is 5.01 Å². The molecule has 2 aliphatic rings. The average Bonchev–Trinajstić information content (AvgIpc) is 3.29. The average molecular weight is 534 g/mol. The molecule has 2 unspecified atom stereocenters. The second-order valence-electron chi connectivity index (χ2n) is 9.14. The molecule has 1 saturated carbocycles. The highest BCUT2D eigenvalue weighted by atomic mass is 35.5. The number of hydrogen-bond donors (Lipinski definition) is 1. The van der Waals surface area contributed by atoms with Gasteiger partial charge >= 0.3 is 5.97 Å². The van der Waals surface area contributed by atoms with Crippen LogP contribution in [0.3, 0.4) is 0 Å². The van der Waals surface area contributed by atoms with Crippen LogP contribution in [0.25, 0.3) is 6.08 Å². The lowest BCUT2D eigenvalue weighted by Gasteiger charge is -2.29. The van der Waals surface area contributed by atoms with Crippen LogP contribution in [0.15, 0.2) is 83.5 Å². The molecule has 1 heterocycles. The number of fused-ring (bicyclic) bond motifs is 1. The zero-order valence-corrected chi connectivity index (χ0v) is 21.5. The first-order valence-corrected chi connectivity index (χ1v) is 12.8. The Morgan fingerprint density at radius 3 is 2.51 bits per heavy atom. The highest BCUT2D eigenvalue weighted by Crippen LogP contribution is 2.44. The summed E-state index contributed by atoms with van der Waals surface area (Å²) in [6.45, 7) is -0.426. The van der Waals surface area contributed by atoms with E-state index in [-0.39, 0.29) is 12.0 Å². The maximum absolute atomic E-state index is 13.4. The van der Waals surface area contributed by atoms with Crippen molar-refractivity contribution in [3.05, 3.63) is 105 Å². The molecule has 2 N–H and O–H groups in total. The monoisotopic (exact) mass is 533 g/mol. The number of benzene rings is 3. The molecular formula is C29H25Cl2N3O3. The van der Waals surface area contributed by atoms with Gasteiger partial charge in [0.15, 0.2) is 6.61 Å². The summed E-state index contributed by atoms with van der Waals surface area (Å²) in [6, 6.07) is 21.1. The van der Waals surface area contributed by atoms with E-state index >= 15 is 0 Å². The van der Waals surface area contributed by atoms with Crippen LogP contribution in [0.2, 0.25) is 10.0 Å². The number of ether oxygens (including phenoxy) is 1. The van der Waals surface area contributed by atoms with Gasteiger partial charge in [-0.25, -0.2) is 9.80 Å². The van der Waals surface area contributed by atoms with Gasteiger partial charge in [-0.1, -0.05) is 47.5 Å². The van der Waals surface area contributed by atoms with Crippen LogP contribution in [-0.2, 0) is 9.53 Å². The Kier molecular flexibility index (Phi) is 7.31. The van der Waals surface area contributed by atoms with Gasteiger partial charge in [0.1, 0.15) is 0 Å². The van der Waals surface area contributed by atoms with E-state index in [4.69, 9.17) is 38.8 Å². The number of allylic oxidation sites excluding steroid dienone is 1. The number of carbonyl (C=O) groups excluding carboxylic acids is 2. The number of esters is 1. The van der Waals surface area contributed by atoms with Gasteiger partial charge in [0, 0.05) is 21.7 Å². The minimum atomic E-state index is -0.595. The largest absolute Gasteiger partial charge is 0.452 e. The summed E-state index contributed by atoms with van der Waals surface area (Å²) in [5.41, 5.74) is 10.4. The molecule has 0 saturated heterocycles. The van der Waals surface area contributed by atoms with E-state index in [1.54, 1.807) is 24.3 Å². The predicted octanol–water partition coefficient (Wildman–Crippen LogP) is 6.56. The van der Waals surface area contributed by atoms with Crippen molar-refractivity contribution in [1.29, 1.82) is 0 Å². The lowest BCUT2D eigenvalue weighted by atomic mass is 9.77. The van der Waals surface area contributed by atoms with Crippen molar-refractivity contribution in [3.63, 3.8) is 0 Å². The fourth-order valence-corrected chi connectivity index (χ4v) is 5.22. The number of nitrogens with two attached hydrogens (primary N) is 1. The molecular weight excluding hydrogens is 509 g/mol. The summed E-state index contributed by atoms with van der Waals surface area (Å²) in [5.74, 6) is -0.980. The molecule has 1 aliphatic carbocycles. The Morgan fingerprint density at radius 2 is 1.78 bits per heavy atom. The normalized spacial score (nSPS) is 19.9. The fraction of sp³-hybridized carbons (Fsp3) is 0.207. The third-order valence-corrected chi connectivity index (χ3v) is 7.12. The smallest absolute Gasteiger partial charge is 0.338 e. The van der Waals surface area contributed by atoms with Crippen molar-refractivity contribution >= 4 is 52.6 Å². The van der Waals surface area contributed by atoms with Gasteiger partial charge in [-0.2, -0.15) is 5.10 Å². The molecule has 6 nitrogen and oxygen atoms in total. The van der Waals surface area contributed by atoms with E-state index in [0.717, 1.165) is 41.7 Å². The van der Waals surface area contributed by atoms with Crippen molar-refractivity contribution in [2.45, 2.75) is 25.3 Å². The summed E-state index contributed by atoms with van der Waals surface area (Å²) in [7, 11) is 0. The second kappa shape index (κ2) is 10.8. The molecule has 0 bridgehead atoms. The zero-order chi connectivity index (χ0) is 25.9. The number of nitrogen functional groups attached to an aromatic ring is 1. The Balaban J connectivity index is 1.43. The molecule has 8 heteroatoms. The van der Waals surface area contributed by atoms with Crippen molar-refractivity contribution < 1.29 is 14.3 Å². The Hall–Kier alpha value is -3.61. The van der Waals surface area contributed by atoms with Crippen molar-refractivity contribution in [1.82, 2.24) is 5.01 Å². The zero-order valence-electron chi connectivity index (χ0n) is 19.9. The molecule has 1 amide bonds. The minimum absolute atomic E-state index is 0.0112. The van der Waals surface area contributed by atoms with Crippen LogP contribution in [0.4, 0.5) is 5.69 Å². The van der Waals surface area contributed by atoms with Gasteiger partial charge < -0.3 is 10.5 Å². The van der Waals surface area contributed by atoms with Crippen LogP contribution in [-0.4, -0.2) is 29.2 Å². The van der Waals surface area contributed by atoms with Gasteiger partial charge in [-0.3, -0.25) is 4.79 Å². The molecule has 1 fully saturated rings. The Labute approximate surface area is 225 Å². The summed E-state index contributed by atoms with van der Waals surface area (Å²) in [4.78, 5) is 25.9. The molecule has 0 spiro atoms. The highest BCUT2D eigenvalue weighted by Gasteiger charge is 2.43. The molecule has 3 aromatic carbocycles. The third kappa shape index (κ3) is 5.55. The van der Waals surface area contributed by atoms with E-state index in [2.05, 4.69) is 6.08 Å². The number of hydrazone groups is 1. The van der Waals surface area contributed by atoms with E-state index in [9.17, 15) is 9.59 Å². The first-order valence-electron chi connectivity index (χ1n) is 12.0. The number of halogens is 2. The van der Waals surface area contributed by atoms with E-state index in [0.29, 0.717) is 21.3 Å². The Bertz CT molecular complexity index is 1380. The highest BCUT2D eigenvalue weighted by molar-refractivity contribution is 6.31. The second-order valence-corrected chi connectivity index (χ2v) is 10.0. The van der Waals surface area contributed by atoms with E-state index in [1.807, 2.05) is 48.5 Å². The number of nitrogens with zero attached hydrogens (tertiary/aromatic N) is 2. The quantitative estimate of drug-likeness (QED) is 0.297. The molecule has 37 heavy (non-hydrogen) atoms. The molecule has 2 atom stereocenters. The standard InChI is InChI=1S/C29H25Cl2N3O3/c30-22-11-7-19(8-12-22)28-25-6-2-4-21(15-18-3-1-5-23(31)16-18)27(25)33-34(28)26(35)17-37-29(36)20-9-13-24(32)14-10-20/h1,3,5,7-16,25,28H,2,4,6,17,32H2. The Morgan fingerprint density at radius 1 is 1.03 bits per heavy atom. The van der Waals surface area contributed by atoms with Gasteiger partial charge in [0.2, 0.25) is 0 Å². The maximum Gasteiger partial charge on any atom is 0.338 e.